The minimum atomic E-state index is -3.49. The first-order valence-electron chi connectivity index (χ1n) is 9.27. The van der Waals surface area contributed by atoms with E-state index in [2.05, 4.69) is 0 Å². The molecule has 26 heavy (non-hydrogen) atoms. The summed E-state index contributed by atoms with van der Waals surface area (Å²) in [6.45, 7) is 5.37. The van der Waals surface area contributed by atoms with Crippen LogP contribution in [-0.2, 0) is 21.5 Å². The van der Waals surface area contributed by atoms with Gasteiger partial charge in [0.15, 0.2) is 0 Å². The van der Waals surface area contributed by atoms with Gasteiger partial charge in [0.25, 0.3) is 10.2 Å². The molecule has 1 saturated heterocycles. The maximum atomic E-state index is 13.3. The first-order valence-corrected chi connectivity index (χ1v) is 10.7. The van der Waals surface area contributed by atoms with Gasteiger partial charge in [-0.2, -0.15) is 17.0 Å². The number of nitrogens with zero attached hydrogens (tertiary/aromatic N) is 3. The molecule has 1 atom stereocenters. The highest BCUT2D eigenvalue weighted by atomic mass is 32.2. The maximum Gasteiger partial charge on any atom is 0.282 e. The van der Waals surface area contributed by atoms with E-state index in [1.54, 1.807) is 15.7 Å². The highest BCUT2D eigenvalue weighted by Gasteiger charge is 2.33. The van der Waals surface area contributed by atoms with Crippen LogP contribution in [0.1, 0.15) is 24.0 Å². The molecule has 1 fully saturated rings. The topological polar surface area (TPSA) is 53.1 Å². The Bertz CT molecular complexity index is 644. The minimum Gasteiger partial charge on any atom is -0.384 e. The summed E-state index contributed by atoms with van der Waals surface area (Å²) in [5.41, 5.74) is 2.19. The lowest BCUT2D eigenvalue weighted by Gasteiger charge is -2.35. The molecule has 1 heterocycles. The largest absolute Gasteiger partial charge is 0.384 e. The molecule has 6 nitrogen and oxygen atoms in total. The SMILES string of the molecule is COCC1CCCN(S(=O)(=O)N(CCN(C)C)Cc2ccc(C)cc2)C1. The Morgan fingerprint density at radius 2 is 1.88 bits per heavy atom. The Hall–Kier alpha value is -0.990. The summed E-state index contributed by atoms with van der Waals surface area (Å²) in [6, 6.07) is 8.08. The lowest BCUT2D eigenvalue weighted by molar-refractivity contribution is 0.116. The third-order valence-electron chi connectivity index (χ3n) is 4.81. The van der Waals surface area contributed by atoms with Crippen molar-refractivity contribution in [2.45, 2.75) is 26.3 Å². The summed E-state index contributed by atoms with van der Waals surface area (Å²) in [7, 11) is 2.11. The Kier molecular flexibility index (Phi) is 8.04. The molecule has 0 bridgehead atoms. The monoisotopic (exact) mass is 383 g/mol. The van der Waals surface area contributed by atoms with Crippen LogP contribution in [0, 0.1) is 12.8 Å². The third-order valence-corrected chi connectivity index (χ3v) is 6.76. The molecule has 7 heteroatoms. The number of hydrogen-bond acceptors (Lipinski definition) is 4. The van der Waals surface area contributed by atoms with Gasteiger partial charge in [-0.1, -0.05) is 29.8 Å². The van der Waals surface area contributed by atoms with Crippen molar-refractivity contribution in [2.24, 2.45) is 5.92 Å². The van der Waals surface area contributed by atoms with E-state index in [-0.39, 0.29) is 5.92 Å². The van der Waals surface area contributed by atoms with Crippen LogP contribution >= 0.6 is 0 Å². The van der Waals surface area contributed by atoms with Gasteiger partial charge in [0.1, 0.15) is 0 Å². The van der Waals surface area contributed by atoms with Crippen LogP contribution < -0.4 is 0 Å². The normalized spacial score (nSPS) is 19.4. The van der Waals surface area contributed by atoms with E-state index in [9.17, 15) is 8.42 Å². The highest BCUT2D eigenvalue weighted by molar-refractivity contribution is 7.86. The van der Waals surface area contributed by atoms with Gasteiger partial charge in [0.2, 0.25) is 0 Å². The van der Waals surface area contributed by atoms with Gasteiger partial charge in [0.05, 0.1) is 6.61 Å². The first-order chi connectivity index (χ1) is 12.3. The molecule has 1 aliphatic heterocycles. The zero-order chi connectivity index (χ0) is 19.2. The van der Waals surface area contributed by atoms with Crippen LogP contribution in [-0.4, -0.2) is 75.9 Å². The summed E-state index contributed by atoms with van der Waals surface area (Å²) in [5, 5.41) is 0. The van der Waals surface area contributed by atoms with Gasteiger partial charge >= 0.3 is 0 Å². The predicted octanol–water partition coefficient (Wildman–Crippen LogP) is 1.96. The van der Waals surface area contributed by atoms with Gasteiger partial charge in [-0.05, 0) is 45.3 Å². The van der Waals surface area contributed by atoms with E-state index < -0.39 is 10.2 Å². The van der Waals surface area contributed by atoms with Crippen LogP contribution in [0.25, 0.3) is 0 Å². The van der Waals surface area contributed by atoms with Gasteiger partial charge < -0.3 is 9.64 Å². The minimum absolute atomic E-state index is 0.276. The van der Waals surface area contributed by atoms with Crippen molar-refractivity contribution >= 4 is 10.2 Å². The van der Waals surface area contributed by atoms with Gasteiger partial charge in [-0.25, -0.2) is 0 Å². The van der Waals surface area contributed by atoms with Crippen LogP contribution in [0.2, 0.25) is 0 Å². The van der Waals surface area contributed by atoms with Crippen molar-refractivity contribution in [1.29, 1.82) is 0 Å². The summed E-state index contributed by atoms with van der Waals surface area (Å²) in [4.78, 5) is 2.02. The van der Waals surface area contributed by atoms with Crippen LogP contribution in [0.5, 0.6) is 0 Å². The second-order valence-electron chi connectivity index (χ2n) is 7.45. The maximum absolute atomic E-state index is 13.3. The van der Waals surface area contributed by atoms with E-state index in [0.29, 0.717) is 39.3 Å². The number of likely N-dealkylation sites (N-methyl/N-ethyl adjacent to an activating group) is 1. The molecule has 2 rings (SSSR count). The van der Waals surface area contributed by atoms with Gasteiger partial charge in [-0.3, -0.25) is 0 Å². The predicted molar refractivity (Wildman–Crippen MR) is 105 cm³/mol. The summed E-state index contributed by atoms with van der Waals surface area (Å²) >= 11 is 0. The molecular weight excluding hydrogens is 350 g/mol. The van der Waals surface area contributed by atoms with Crippen molar-refractivity contribution in [2.75, 3.05) is 54.0 Å². The van der Waals surface area contributed by atoms with Crippen LogP contribution in [0.4, 0.5) is 0 Å². The van der Waals surface area contributed by atoms with Crippen molar-refractivity contribution in [3.8, 4) is 0 Å². The van der Waals surface area contributed by atoms with Crippen LogP contribution in [0.15, 0.2) is 24.3 Å². The summed E-state index contributed by atoms with van der Waals surface area (Å²) < 4.78 is 35.1. The Labute approximate surface area is 158 Å². The fraction of sp³-hybridized carbons (Fsp3) is 0.684. The van der Waals surface area contributed by atoms with Crippen LogP contribution in [0.3, 0.4) is 0 Å². The average molecular weight is 384 g/mol. The van der Waals surface area contributed by atoms with Crippen molar-refractivity contribution in [3.63, 3.8) is 0 Å². The zero-order valence-electron chi connectivity index (χ0n) is 16.5. The fourth-order valence-corrected chi connectivity index (χ4v) is 4.97. The molecule has 1 aromatic carbocycles. The Morgan fingerprint density at radius 3 is 2.50 bits per heavy atom. The fourth-order valence-electron chi connectivity index (χ4n) is 3.26. The van der Waals surface area contributed by atoms with E-state index in [4.69, 9.17) is 4.74 Å². The number of aryl methyl sites for hydroxylation is 1. The lowest BCUT2D eigenvalue weighted by Crippen LogP contribution is -2.49. The molecule has 0 aliphatic carbocycles. The molecule has 148 valence electrons. The average Bonchev–Trinajstić information content (AvgIpc) is 2.60. The Balaban J connectivity index is 2.16. The van der Waals surface area contributed by atoms with E-state index in [0.717, 1.165) is 18.4 Å². The van der Waals surface area contributed by atoms with Crippen molar-refractivity contribution in [3.05, 3.63) is 35.4 Å². The number of piperidine rings is 1. The third kappa shape index (κ3) is 6.03. The molecule has 0 aromatic heterocycles. The molecule has 0 saturated carbocycles. The molecule has 1 aromatic rings. The highest BCUT2D eigenvalue weighted by Crippen LogP contribution is 2.22. The lowest BCUT2D eigenvalue weighted by atomic mass is 10.0. The Morgan fingerprint density at radius 1 is 1.19 bits per heavy atom. The molecule has 0 amide bonds. The van der Waals surface area contributed by atoms with E-state index >= 15 is 0 Å². The number of benzene rings is 1. The number of ether oxygens (including phenoxy) is 1. The summed E-state index contributed by atoms with van der Waals surface area (Å²) in [5.74, 6) is 0.276. The molecule has 0 spiro atoms. The molecular formula is C19H33N3O3S. The molecule has 1 aliphatic rings. The number of rotatable bonds is 9. The van der Waals surface area contributed by atoms with E-state index in [1.807, 2.05) is 50.2 Å². The standard InChI is InChI=1S/C19H33N3O3S/c1-17-7-9-18(10-8-17)14-22(13-12-20(2)3)26(23,24)21-11-5-6-19(15-21)16-25-4/h7-10,19H,5-6,11-16H2,1-4H3. The van der Waals surface area contributed by atoms with Gasteiger partial charge in [-0.15, -0.1) is 0 Å². The van der Waals surface area contributed by atoms with Crippen molar-refractivity contribution in [1.82, 2.24) is 13.5 Å². The first kappa shape index (κ1) is 21.3. The smallest absolute Gasteiger partial charge is 0.282 e. The van der Waals surface area contributed by atoms with Crippen molar-refractivity contribution < 1.29 is 13.2 Å². The summed E-state index contributed by atoms with van der Waals surface area (Å²) in [6.07, 6.45) is 1.91. The zero-order valence-corrected chi connectivity index (χ0v) is 17.3. The van der Waals surface area contributed by atoms with Gasteiger partial charge in [0, 0.05) is 39.8 Å². The molecule has 0 N–H and O–H groups in total. The quantitative estimate of drug-likeness (QED) is 0.654. The molecule has 0 radical (unpaired) electrons. The number of hydrogen-bond donors (Lipinski definition) is 0. The number of methoxy groups -OCH3 is 1. The second kappa shape index (κ2) is 9.80. The molecule has 1 unspecified atom stereocenters. The second-order valence-corrected chi connectivity index (χ2v) is 9.38. The van der Waals surface area contributed by atoms with E-state index in [1.165, 1.54) is 5.56 Å².